The first kappa shape index (κ1) is 20.8. The zero-order valence-corrected chi connectivity index (χ0v) is 17.7. The van der Waals surface area contributed by atoms with Crippen LogP contribution >= 0.6 is 0 Å². The van der Waals surface area contributed by atoms with Crippen molar-refractivity contribution in [2.24, 2.45) is 5.92 Å². The first-order valence-corrected chi connectivity index (χ1v) is 10.5. The number of hydrogen-bond donors (Lipinski definition) is 1. The number of amides is 2. The van der Waals surface area contributed by atoms with Crippen molar-refractivity contribution in [2.75, 3.05) is 11.9 Å². The zero-order valence-electron chi connectivity index (χ0n) is 17.7. The second-order valence-electron chi connectivity index (χ2n) is 8.27. The lowest BCUT2D eigenvalue weighted by atomic mass is 10.1. The fraction of sp³-hybridized carbons (Fsp3) is 0.280. The van der Waals surface area contributed by atoms with Crippen LogP contribution in [0.3, 0.4) is 0 Å². The minimum Gasteiger partial charge on any atom is -0.461 e. The molecule has 0 saturated heterocycles. The molecule has 2 heterocycles. The lowest BCUT2D eigenvalue weighted by molar-refractivity contribution is -0.116. The average Bonchev–Trinajstić information content (AvgIpc) is 3.16. The maximum absolute atomic E-state index is 13.5. The van der Waals surface area contributed by atoms with E-state index in [0.717, 1.165) is 28.3 Å². The second-order valence-corrected chi connectivity index (χ2v) is 8.27. The van der Waals surface area contributed by atoms with Gasteiger partial charge in [-0.15, -0.1) is 0 Å². The van der Waals surface area contributed by atoms with Crippen LogP contribution in [0, 0.1) is 11.7 Å². The quantitative estimate of drug-likeness (QED) is 0.612. The van der Waals surface area contributed by atoms with Crippen LogP contribution in [0.5, 0.6) is 0 Å². The first-order valence-electron chi connectivity index (χ1n) is 10.5. The lowest BCUT2D eigenvalue weighted by Crippen LogP contribution is -2.35. The summed E-state index contributed by atoms with van der Waals surface area (Å²) >= 11 is 0. The summed E-state index contributed by atoms with van der Waals surface area (Å²) in [5, 5.41) is 2.90. The van der Waals surface area contributed by atoms with Crippen molar-refractivity contribution < 1.29 is 18.4 Å². The van der Waals surface area contributed by atoms with Gasteiger partial charge in [0.05, 0.1) is 0 Å². The first-order chi connectivity index (χ1) is 14.9. The maximum atomic E-state index is 13.5. The van der Waals surface area contributed by atoms with Crippen LogP contribution in [0.1, 0.15) is 41.9 Å². The van der Waals surface area contributed by atoms with Crippen molar-refractivity contribution in [3.63, 3.8) is 0 Å². The molecule has 2 aromatic carbocycles. The van der Waals surface area contributed by atoms with Crippen LogP contribution < -0.4 is 5.32 Å². The number of furan rings is 1. The van der Waals surface area contributed by atoms with E-state index in [4.69, 9.17) is 4.42 Å². The molecular weight excluding hydrogens is 395 g/mol. The number of carbonyl (C=O) groups excluding carboxylic acids is 2. The number of rotatable bonds is 5. The maximum Gasteiger partial charge on any atom is 0.254 e. The molecule has 1 N–H and O–H groups in total. The van der Waals surface area contributed by atoms with E-state index in [-0.39, 0.29) is 11.8 Å². The van der Waals surface area contributed by atoms with Gasteiger partial charge in [0, 0.05) is 48.3 Å². The van der Waals surface area contributed by atoms with Gasteiger partial charge in [0.1, 0.15) is 17.3 Å². The highest BCUT2D eigenvalue weighted by atomic mass is 19.1. The Kier molecular flexibility index (Phi) is 5.89. The third-order valence-electron chi connectivity index (χ3n) is 5.27. The highest BCUT2D eigenvalue weighted by molar-refractivity contribution is 5.94. The largest absolute Gasteiger partial charge is 0.461 e. The molecule has 1 aliphatic rings. The SMILES string of the molecule is CC(C)CC(=O)Nc1ccc(-c2cc3c(o2)CCN(C(=O)c2cccc(F)c2)C3)cc1. The van der Waals surface area contributed by atoms with Crippen LogP contribution in [0.2, 0.25) is 0 Å². The summed E-state index contributed by atoms with van der Waals surface area (Å²) in [6, 6.07) is 15.2. The Labute approximate surface area is 180 Å². The Balaban J connectivity index is 1.45. The fourth-order valence-corrected chi connectivity index (χ4v) is 3.75. The van der Waals surface area contributed by atoms with Crippen LogP contribution in [-0.4, -0.2) is 23.3 Å². The van der Waals surface area contributed by atoms with Crippen molar-refractivity contribution in [3.8, 4) is 11.3 Å². The van der Waals surface area contributed by atoms with E-state index in [1.165, 1.54) is 12.1 Å². The predicted molar refractivity (Wildman–Crippen MR) is 117 cm³/mol. The number of fused-ring (bicyclic) bond motifs is 1. The van der Waals surface area contributed by atoms with Crippen LogP contribution in [-0.2, 0) is 17.8 Å². The van der Waals surface area contributed by atoms with Gasteiger partial charge in [-0.1, -0.05) is 19.9 Å². The summed E-state index contributed by atoms with van der Waals surface area (Å²) in [5.74, 6) is 1.30. The van der Waals surface area contributed by atoms with Crippen LogP contribution in [0.4, 0.5) is 10.1 Å². The summed E-state index contributed by atoms with van der Waals surface area (Å²) in [6.45, 7) is 4.97. The van der Waals surface area contributed by atoms with Crippen molar-refractivity contribution in [1.29, 1.82) is 0 Å². The number of nitrogens with zero attached hydrogens (tertiary/aromatic N) is 1. The molecule has 0 bridgehead atoms. The molecule has 0 aliphatic carbocycles. The summed E-state index contributed by atoms with van der Waals surface area (Å²) < 4.78 is 19.5. The van der Waals surface area contributed by atoms with E-state index < -0.39 is 5.82 Å². The summed E-state index contributed by atoms with van der Waals surface area (Å²) in [7, 11) is 0. The fourth-order valence-electron chi connectivity index (χ4n) is 3.75. The summed E-state index contributed by atoms with van der Waals surface area (Å²) in [5.41, 5.74) is 2.96. The Morgan fingerprint density at radius 1 is 1.13 bits per heavy atom. The van der Waals surface area contributed by atoms with Crippen molar-refractivity contribution in [2.45, 2.75) is 33.2 Å². The van der Waals surface area contributed by atoms with Gasteiger partial charge >= 0.3 is 0 Å². The van der Waals surface area contributed by atoms with Gasteiger partial charge < -0.3 is 14.6 Å². The molecule has 0 saturated carbocycles. The van der Waals surface area contributed by atoms with Gasteiger partial charge in [0.25, 0.3) is 5.91 Å². The minimum absolute atomic E-state index is 0.000677. The van der Waals surface area contributed by atoms with Gasteiger partial charge in [0.2, 0.25) is 5.91 Å². The molecule has 0 atom stereocenters. The van der Waals surface area contributed by atoms with Crippen molar-refractivity contribution in [1.82, 2.24) is 4.90 Å². The third kappa shape index (κ3) is 4.85. The number of anilines is 1. The Hall–Kier alpha value is -3.41. The molecule has 6 heteroatoms. The molecule has 1 aliphatic heterocycles. The molecule has 160 valence electrons. The molecule has 2 amide bonds. The summed E-state index contributed by atoms with van der Waals surface area (Å²) in [6.07, 6.45) is 1.09. The molecule has 0 unspecified atom stereocenters. The van der Waals surface area contributed by atoms with E-state index in [1.807, 2.05) is 44.2 Å². The highest BCUT2D eigenvalue weighted by Crippen LogP contribution is 2.31. The molecule has 5 nitrogen and oxygen atoms in total. The number of benzene rings is 2. The highest BCUT2D eigenvalue weighted by Gasteiger charge is 2.25. The summed E-state index contributed by atoms with van der Waals surface area (Å²) in [4.78, 5) is 26.4. The smallest absolute Gasteiger partial charge is 0.254 e. The Morgan fingerprint density at radius 3 is 2.61 bits per heavy atom. The van der Waals surface area contributed by atoms with E-state index in [1.54, 1.807) is 17.0 Å². The standard InChI is InChI=1S/C25H25FN2O3/c1-16(2)12-24(29)27-21-8-6-17(7-9-21)23-14-19-15-28(11-10-22(19)31-23)25(30)18-4-3-5-20(26)13-18/h3-9,13-14,16H,10-12,15H2,1-2H3,(H,27,29). The van der Waals surface area contributed by atoms with Crippen LogP contribution in [0.15, 0.2) is 59.0 Å². The van der Waals surface area contributed by atoms with Gasteiger partial charge in [-0.3, -0.25) is 9.59 Å². The minimum atomic E-state index is -0.419. The van der Waals surface area contributed by atoms with E-state index >= 15 is 0 Å². The number of halogens is 1. The molecule has 4 rings (SSSR count). The van der Waals surface area contributed by atoms with Crippen molar-refractivity contribution >= 4 is 17.5 Å². The number of carbonyl (C=O) groups is 2. The van der Waals surface area contributed by atoms with Gasteiger partial charge in [-0.2, -0.15) is 0 Å². The van der Waals surface area contributed by atoms with Gasteiger partial charge in [-0.25, -0.2) is 4.39 Å². The van der Waals surface area contributed by atoms with Crippen LogP contribution in [0.25, 0.3) is 11.3 Å². The molecule has 0 fully saturated rings. The molecular formula is C25H25FN2O3. The van der Waals surface area contributed by atoms with Gasteiger partial charge in [-0.05, 0) is 54.4 Å². The molecule has 1 aromatic heterocycles. The Bertz CT molecular complexity index is 1100. The lowest BCUT2D eigenvalue weighted by Gasteiger charge is -2.26. The molecule has 0 spiro atoms. The number of hydrogen-bond acceptors (Lipinski definition) is 3. The monoisotopic (exact) mass is 420 g/mol. The topological polar surface area (TPSA) is 62.6 Å². The third-order valence-corrected chi connectivity index (χ3v) is 5.27. The Morgan fingerprint density at radius 2 is 1.90 bits per heavy atom. The van der Waals surface area contributed by atoms with E-state index in [9.17, 15) is 14.0 Å². The number of nitrogens with one attached hydrogen (secondary N) is 1. The van der Waals surface area contributed by atoms with E-state index in [2.05, 4.69) is 5.32 Å². The van der Waals surface area contributed by atoms with E-state index in [0.29, 0.717) is 37.4 Å². The molecule has 31 heavy (non-hydrogen) atoms. The normalized spacial score (nSPS) is 13.2. The molecule has 3 aromatic rings. The average molecular weight is 420 g/mol. The van der Waals surface area contributed by atoms with Crippen molar-refractivity contribution in [3.05, 3.63) is 77.3 Å². The predicted octanol–water partition coefficient (Wildman–Crippen LogP) is 5.27. The zero-order chi connectivity index (χ0) is 22.0. The molecule has 0 radical (unpaired) electrons. The van der Waals surface area contributed by atoms with Gasteiger partial charge in [0.15, 0.2) is 0 Å². The second kappa shape index (κ2) is 8.76.